The molecule has 1 aliphatic carbocycles. The monoisotopic (exact) mass is 297 g/mol. The van der Waals surface area contributed by atoms with E-state index in [0.717, 1.165) is 18.6 Å². The Balaban J connectivity index is 1.65. The number of carbonyl (C=O) groups is 1. The molecule has 0 radical (unpaired) electrons. The Kier molecular flexibility index (Phi) is 4.17. The summed E-state index contributed by atoms with van der Waals surface area (Å²) in [6.07, 6.45) is 2.11. The molecule has 0 spiro atoms. The topological polar surface area (TPSA) is 47.6 Å². The van der Waals surface area contributed by atoms with Crippen LogP contribution >= 0.6 is 0 Å². The Morgan fingerprint density at radius 3 is 2.48 bits per heavy atom. The molecule has 2 fully saturated rings. The Bertz CT molecular complexity index is 517. The maximum absolute atomic E-state index is 13.6. The van der Waals surface area contributed by atoms with E-state index >= 15 is 0 Å². The number of benzene rings is 1. The van der Waals surface area contributed by atoms with Gasteiger partial charge < -0.3 is 14.8 Å². The standard InChI is InChI=1S/C15H17F2NO3/c16-10-2-1-3-11(17)14(10)15(19)18-9-4-5-12-13(8-9)21-7-6-20-12/h1-3,9,12-13H,4-8H2,(H,18,19)/t9-,12-,13+/m1/s1. The molecule has 3 rings (SSSR count). The van der Waals surface area contributed by atoms with Crippen LogP contribution in [0.2, 0.25) is 0 Å². The third-order valence-electron chi connectivity index (χ3n) is 4.00. The van der Waals surface area contributed by atoms with Gasteiger partial charge in [0.15, 0.2) is 0 Å². The van der Waals surface area contributed by atoms with Crippen molar-refractivity contribution in [2.75, 3.05) is 13.2 Å². The highest BCUT2D eigenvalue weighted by molar-refractivity contribution is 5.94. The van der Waals surface area contributed by atoms with Crippen LogP contribution in [0.4, 0.5) is 8.78 Å². The predicted octanol–water partition coefficient (Wildman–Crippen LogP) is 2.03. The zero-order valence-corrected chi connectivity index (χ0v) is 11.5. The van der Waals surface area contributed by atoms with Crippen molar-refractivity contribution >= 4 is 5.91 Å². The highest BCUT2D eigenvalue weighted by Crippen LogP contribution is 2.27. The van der Waals surface area contributed by atoms with E-state index < -0.39 is 23.1 Å². The summed E-state index contributed by atoms with van der Waals surface area (Å²) >= 11 is 0. The Labute approximate surface area is 121 Å². The van der Waals surface area contributed by atoms with Gasteiger partial charge in [0, 0.05) is 6.04 Å². The van der Waals surface area contributed by atoms with Gasteiger partial charge >= 0.3 is 0 Å². The molecule has 1 aromatic carbocycles. The van der Waals surface area contributed by atoms with Gasteiger partial charge in [0.25, 0.3) is 5.91 Å². The average Bonchev–Trinajstić information content (AvgIpc) is 2.47. The summed E-state index contributed by atoms with van der Waals surface area (Å²) in [6.45, 7) is 1.14. The largest absolute Gasteiger partial charge is 0.373 e. The maximum atomic E-state index is 13.6. The highest BCUT2D eigenvalue weighted by atomic mass is 19.1. The fourth-order valence-corrected chi connectivity index (χ4v) is 2.97. The van der Waals surface area contributed by atoms with Crippen LogP contribution in [0.1, 0.15) is 29.6 Å². The summed E-state index contributed by atoms with van der Waals surface area (Å²) in [7, 11) is 0. The highest BCUT2D eigenvalue weighted by Gasteiger charge is 2.35. The number of carbonyl (C=O) groups excluding carboxylic acids is 1. The number of fused-ring (bicyclic) bond motifs is 1. The summed E-state index contributed by atoms with van der Waals surface area (Å²) in [5, 5.41) is 2.70. The molecule has 0 unspecified atom stereocenters. The van der Waals surface area contributed by atoms with Crippen molar-refractivity contribution in [3.8, 4) is 0 Å². The van der Waals surface area contributed by atoms with E-state index in [1.54, 1.807) is 0 Å². The van der Waals surface area contributed by atoms with Crippen LogP contribution < -0.4 is 5.32 Å². The van der Waals surface area contributed by atoms with Crippen LogP contribution in [0.15, 0.2) is 18.2 Å². The first-order valence-electron chi connectivity index (χ1n) is 7.13. The molecule has 1 saturated carbocycles. The summed E-state index contributed by atoms with van der Waals surface area (Å²) in [4.78, 5) is 12.1. The Hall–Kier alpha value is -1.53. The van der Waals surface area contributed by atoms with E-state index in [1.165, 1.54) is 6.07 Å². The van der Waals surface area contributed by atoms with Crippen molar-refractivity contribution in [1.29, 1.82) is 0 Å². The third-order valence-corrected chi connectivity index (χ3v) is 4.00. The fraction of sp³-hybridized carbons (Fsp3) is 0.533. The van der Waals surface area contributed by atoms with Gasteiger partial charge in [-0.3, -0.25) is 4.79 Å². The number of hydrogen-bond donors (Lipinski definition) is 1. The molecule has 3 atom stereocenters. The number of amides is 1. The Morgan fingerprint density at radius 1 is 1.10 bits per heavy atom. The molecule has 1 aliphatic heterocycles. The summed E-state index contributed by atoms with van der Waals surface area (Å²) in [6, 6.07) is 3.24. The van der Waals surface area contributed by atoms with Crippen molar-refractivity contribution in [3.05, 3.63) is 35.4 Å². The minimum atomic E-state index is -0.849. The van der Waals surface area contributed by atoms with E-state index in [2.05, 4.69) is 5.32 Å². The minimum Gasteiger partial charge on any atom is -0.373 e. The number of ether oxygens (including phenoxy) is 2. The first kappa shape index (κ1) is 14.4. The third kappa shape index (κ3) is 3.06. The summed E-state index contributed by atoms with van der Waals surface area (Å²) < 4.78 is 38.4. The molecule has 6 heteroatoms. The van der Waals surface area contributed by atoms with Crippen molar-refractivity contribution in [1.82, 2.24) is 5.32 Å². The predicted molar refractivity (Wildman–Crippen MR) is 70.9 cm³/mol. The molecule has 1 heterocycles. The minimum absolute atomic E-state index is 0.0525. The second-order valence-electron chi connectivity index (χ2n) is 5.40. The lowest BCUT2D eigenvalue weighted by atomic mass is 9.89. The molecule has 21 heavy (non-hydrogen) atoms. The van der Waals surface area contributed by atoms with E-state index in [9.17, 15) is 13.6 Å². The molecule has 1 aromatic rings. The second-order valence-corrected chi connectivity index (χ2v) is 5.40. The van der Waals surface area contributed by atoms with Crippen molar-refractivity contribution in [3.63, 3.8) is 0 Å². The van der Waals surface area contributed by atoms with Gasteiger partial charge in [-0.1, -0.05) is 6.07 Å². The van der Waals surface area contributed by atoms with Gasteiger partial charge in [-0.05, 0) is 31.4 Å². The summed E-state index contributed by atoms with van der Waals surface area (Å²) in [5.41, 5.74) is -0.527. The first-order chi connectivity index (χ1) is 10.1. The number of rotatable bonds is 2. The van der Waals surface area contributed by atoms with Gasteiger partial charge in [-0.25, -0.2) is 8.78 Å². The molecular weight excluding hydrogens is 280 g/mol. The molecule has 4 nitrogen and oxygen atoms in total. The summed E-state index contributed by atoms with van der Waals surface area (Å²) in [5.74, 6) is -2.41. The van der Waals surface area contributed by atoms with Crippen LogP contribution in [-0.4, -0.2) is 37.4 Å². The van der Waals surface area contributed by atoms with Crippen molar-refractivity contribution in [2.24, 2.45) is 0 Å². The van der Waals surface area contributed by atoms with Crippen LogP contribution in [0, 0.1) is 11.6 Å². The molecule has 1 amide bonds. The first-order valence-corrected chi connectivity index (χ1v) is 7.13. The number of nitrogens with one attached hydrogen (secondary N) is 1. The zero-order valence-electron chi connectivity index (χ0n) is 11.5. The van der Waals surface area contributed by atoms with Crippen molar-refractivity contribution < 1.29 is 23.0 Å². The zero-order chi connectivity index (χ0) is 14.8. The van der Waals surface area contributed by atoms with E-state index in [4.69, 9.17) is 9.47 Å². The lowest BCUT2D eigenvalue weighted by Crippen LogP contribution is -2.49. The molecule has 1 N–H and O–H groups in total. The average molecular weight is 297 g/mol. The molecule has 2 aliphatic rings. The van der Waals surface area contributed by atoms with Gasteiger partial charge in [0.05, 0.1) is 25.4 Å². The van der Waals surface area contributed by atoms with E-state index in [-0.39, 0.29) is 18.2 Å². The normalized spacial score (nSPS) is 28.8. The van der Waals surface area contributed by atoms with Gasteiger partial charge in [0.1, 0.15) is 17.2 Å². The van der Waals surface area contributed by atoms with Crippen LogP contribution in [0.5, 0.6) is 0 Å². The van der Waals surface area contributed by atoms with Gasteiger partial charge in [-0.2, -0.15) is 0 Å². The van der Waals surface area contributed by atoms with Crippen molar-refractivity contribution in [2.45, 2.75) is 37.5 Å². The smallest absolute Gasteiger partial charge is 0.257 e. The van der Waals surface area contributed by atoms with Crippen LogP contribution in [0.25, 0.3) is 0 Å². The molecular formula is C15H17F2NO3. The Morgan fingerprint density at radius 2 is 1.76 bits per heavy atom. The SMILES string of the molecule is O=C(N[C@@H]1CC[C@H]2OCCO[C@H]2C1)c1c(F)cccc1F. The number of halogens is 2. The second kappa shape index (κ2) is 6.07. The number of hydrogen-bond acceptors (Lipinski definition) is 3. The molecule has 0 bridgehead atoms. The molecule has 0 aromatic heterocycles. The quantitative estimate of drug-likeness (QED) is 0.908. The van der Waals surface area contributed by atoms with Crippen LogP contribution in [-0.2, 0) is 9.47 Å². The van der Waals surface area contributed by atoms with E-state index in [0.29, 0.717) is 26.1 Å². The van der Waals surface area contributed by atoms with E-state index in [1.807, 2.05) is 0 Å². The lowest BCUT2D eigenvalue weighted by Gasteiger charge is -2.39. The van der Waals surface area contributed by atoms with Gasteiger partial charge in [-0.15, -0.1) is 0 Å². The lowest BCUT2D eigenvalue weighted by molar-refractivity contribution is -0.157. The molecule has 1 saturated heterocycles. The molecule has 114 valence electrons. The van der Waals surface area contributed by atoms with Crippen LogP contribution in [0.3, 0.4) is 0 Å². The maximum Gasteiger partial charge on any atom is 0.257 e. The fourth-order valence-electron chi connectivity index (χ4n) is 2.97. The van der Waals surface area contributed by atoms with Gasteiger partial charge in [0.2, 0.25) is 0 Å².